The van der Waals surface area contributed by atoms with E-state index in [1.54, 1.807) is 21.3 Å². The molecule has 2 aromatic rings. The van der Waals surface area contributed by atoms with Crippen molar-refractivity contribution in [2.75, 3.05) is 45.9 Å². The molecule has 0 bridgehead atoms. The van der Waals surface area contributed by atoms with Gasteiger partial charge in [-0.05, 0) is 49.6 Å². The standard InChI is InChI=1S/C24H31ClN2O4/c1-24(28)13-18-15-26(17-6-7-19(25)22(12-17)30-3)9-10-27(18)20(14-24)16-5-8-21(29-2)23(11-16)31-4/h5-8,11-12,18,20,28H,9-10,13-15H2,1-4H3/t18-,20+,24?/m0/s1. The Bertz CT molecular complexity index is 936. The molecule has 6 nitrogen and oxygen atoms in total. The highest BCUT2D eigenvalue weighted by Gasteiger charge is 2.44. The first-order chi connectivity index (χ1) is 14.8. The van der Waals surface area contributed by atoms with E-state index in [0.717, 1.165) is 37.3 Å². The molecule has 4 rings (SSSR count). The fourth-order valence-corrected chi connectivity index (χ4v) is 5.23. The van der Waals surface area contributed by atoms with Gasteiger partial charge in [-0.15, -0.1) is 0 Å². The van der Waals surface area contributed by atoms with Gasteiger partial charge in [0.05, 0.1) is 32.0 Å². The largest absolute Gasteiger partial charge is 0.495 e. The zero-order valence-corrected chi connectivity index (χ0v) is 19.4. The molecule has 2 saturated heterocycles. The first-order valence-corrected chi connectivity index (χ1v) is 11.0. The van der Waals surface area contributed by atoms with Gasteiger partial charge in [0.2, 0.25) is 0 Å². The second-order valence-corrected chi connectivity index (χ2v) is 9.10. The van der Waals surface area contributed by atoms with Gasteiger partial charge in [0, 0.05) is 43.5 Å². The summed E-state index contributed by atoms with van der Waals surface area (Å²) in [5, 5.41) is 11.7. The number of anilines is 1. The summed E-state index contributed by atoms with van der Waals surface area (Å²) in [5.74, 6) is 2.11. The molecule has 1 unspecified atom stereocenters. The molecule has 0 aromatic heterocycles. The second-order valence-electron chi connectivity index (χ2n) is 8.69. The summed E-state index contributed by atoms with van der Waals surface area (Å²) in [4.78, 5) is 4.88. The van der Waals surface area contributed by atoms with E-state index in [4.69, 9.17) is 25.8 Å². The van der Waals surface area contributed by atoms with Crippen LogP contribution in [0.4, 0.5) is 5.69 Å². The number of methoxy groups -OCH3 is 3. The van der Waals surface area contributed by atoms with Crippen molar-refractivity contribution >= 4 is 17.3 Å². The average Bonchev–Trinajstić information content (AvgIpc) is 2.77. The second kappa shape index (κ2) is 8.77. The van der Waals surface area contributed by atoms with Crippen molar-refractivity contribution in [1.29, 1.82) is 0 Å². The van der Waals surface area contributed by atoms with Crippen molar-refractivity contribution in [3.8, 4) is 17.2 Å². The van der Waals surface area contributed by atoms with Gasteiger partial charge in [0.15, 0.2) is 11.5 Å². The van der Waals surface area contributed by atoms with Crippen LogP contribution in [0.25, 0.3) is 0 Å². The third-order valence-electron chi connectivity index (χ3n) is 6.53. The maximum atomic E-state index is 11.1. The Morgan fingerprint density at radius 3 is 2.39 bits per heavy atom. The summed E-state index contributed by atoms with van der Waals surface area (Å²) in [6.07, 6.45) is 1.42. The van der Waals surface area contributed by atoms with Gasteiger partial charge < -0.3 is 24.2 Å². The zero-order chi connectivity index (χ0) is 22.2. The Morgan fingerprint density at radius 1 is 0.935 bits per heavy atom. The molecule has 3 atom stereocenters. The number of benzene rings is 2. The van der Waals surface area contributed by atoms with Crippen LogP contribution >= 0.6 is 11.6 Å². The average molecular weight is 447 g/mol. The fraction of sp³-hybridized carbons (Fsp3) is 0.500. The van der Waals surface area contributed by atoms with Crippen molar-refractivity contribution in [1.82, 2.24) is 4.90 Å². The molecule has 168 valence electrons. The molecule has 2 aliphatic rings. The molecular formula is C24H31ClN2O4. The molecule has 2 fully saturated rings. The smallest absolute Gasteiger partial charge is 0.161 e. The fourth-order valence-electron chi connectivity index (χ4n) is 5.04. The maximum Gasteiger partial charge on any atom is 0.161 e. The topological polar surface area (TPSA) is 54.4 Å². The highest BCUT2D eigenvalue weighted by Crippen LogP contribution is 2.43. The minimum Gasteiger partial charge on any atom is -0.495 e. The van der Waals surface area contributed by atoms with Gasteiger partial charge in [-0.1, -0.05) is 17.7 Å². The monoisotopic (exact) mass is 446 g/mol. The van der Waals surface area contributed by atoms with Crippen LogP contribution in [0.15, 0.2) is 36.4 Å². The molecule has 2 heterocycles. The van der Waals surface area contributed by atoms with Gasteiger partial charge in [-0.25, -0.2) is 0 Å². The number of nitrogens with zero attached hydrogens (tertiary/aromatic N) is 2. The molecule has 7 heteroatoms. The maximum absolute atomic E-state index is 11.1. The molecule has 1 N–H and O–H groups in total. The number of halogens is 1. The van der Waals surface area contributed by atoms with Crippen LogP contribution in [0.2, 0.25) is 5.02 Å². The summed E-state index contributed by atoms with van der Waals surface area (Å²) >= 11 is 6.21. The number of piperazine rings is 1. The van der Waals surface area contributed by atoms with Gasteiger partial charge in [-0.3, -0.25) is 4.90 Å². The Labute approximate surface area is 189 Å². The lowest BCUT2D eigenvalue weighted by molar-refractivity contribution is -0.0673. The van der Waals surface area contributed by atoms with Crippen molar-refractivity contribution < 1.29 is 19.3 Å². The van der Waals surface area contributed by atoms with Gasteiger partial charge in [0.1, 0.15) is 5.75 Å². The molecule has 0 saturated carbocycles. The molecular weight excluding hydrogens is 416 g/mol. The quantitative estimate of drug-likeness (QED) is 0.744. The summed E-state index contributed by atoms with van der Waals surface area (Å²) < 4.78 is 16.3. The van der Waals surface area contributed by atoms with Crippen molar-refractivity contribution in [3.05, 3.63) is 47.0 Å². The minimum atomic E-state index is -0.736. The van der Waals surface area contributed by atoms with Crippen LogP contribution in [-0.4, -0.2) is 62.6 Å². The van der Waals surface area contributed by atoms with Crippen LogP contribution in [0, 0.1) is 0 Å². The van der Waals surface area contributed by atoms with E-state index in [-0.39, 0.29) is 12.1 Å². The van der Waals surface area contributed by atoms with Crippen LogP contribution < -0.4 is 19.1 Å². The molecule has 31 heavy (non-hydrogen) atoms. The summed E-state index contributed by atoms with van der Waals surface area (Å²) in [7, 11) is 4.93. The predicted octanol–water partition coefficient (Wildman–Crippen LogP) is 4.14. The van der Waals surface area contributed by atoms with Gasteiger partial charge in [0.25, 0.3) is 0 Å². The first kappa shape index (κ1) is 22.1. The van der Waals surface area contributed by atoms with Gasteiger partial charge >= 0.3 is 0 Å². The SMILES string of the molecule is COc1cc(N2CCN3[C@H](C2)CC(C)(O)C[C@@H]3c2ccc(OC)c(OC)c2)ccc1Cl. The number of aliphatic hydroxyl groups is 1. The minimum absolute atomic E-state index is 0.121. The van der Waals surface area contributed by atoms with Crippen LogP contribution in [-0.2, 0) is 0 Å². The summed E-state index contributed by atoms with van der Waals surface area (Å²) in [6, 6.07) is 12.3. The van der Waals surface area contributed by atoms with E-state index < -0.39 is 5.60 Å². The molecule has 2 aliphatic heterocycles. The lowest BCUT2D eigenvalue weighted by Crippen LogP contribution is -2.60. The lowest BCUT2D eigenvalue weighted by atomic mass is 9.79. The van der Waals surface area contributed by atoms with Crippen molar-refractivity contribution in [2.45, 2.75) is 37.5 Å². The molecule has 0 radical (unpaired) electrons. The van der Waals surface area contributed by atoms with E-state index in [1.807, 2.05) is 37.3 Å². The predicted molar refractivity (Wildman–Crippen MR) is 123 cm³/mol. The van der Waals surface area contributed by atoms with Crippen LogP contribution in [0.1, 0.15) is 31.4 Å². The number of fused-ring (bicyclic) bond motifs is 1. The highest BCUT2D eigenvalue weighted by molar-refractivity contribution is 6.32. The van der Waals surface area contributed by atoms with Crippen LogP contribution in [0.5, 0.6) is 17.2 Å². The number of hydrogen-bond donors (Lipinski definition) is 1. The van der Waals surface area contributed by atoms with E-state index in [1.165, 1.54) is 0 Å². The number of rotatable bonds is 5. The summed E-state index contributed by atoms with van der Waals surface area (Å²) in [5.41, 5.74) is 1.50. The van der Waals surface area contributed by atoms with E-state index in [2.05, 4.69) is 15.9 Å². The third kappa shape index (κ3) is 4.43. The van der Waals surface area contributed by atoms with Crippen LogP contribution in [0.3, 0.4) is 0 Å². The van der Waals surface area contributed by atoms with Crippen molar-refractivity contribution in [2.24, 2.45) is 0 Å². The third-order valence-corrected chi connectivity index (χ3v) is 6.84. The Balaban J connectivity index is 1.60. The molecule has 2 aromatic carbocycles. The zero-order valence-electron chi connectivity index (χ0n) is 18.6. The number of ether oxygens (including phenoxy) is 3. The first-order valence-electron chi connectivity index (χ1n) is 10.6. The van der Waals surface area contributed by atoms with Crippen molar-refractivity contribution in [3.63, 3.8) is 0 Å². The van der Waals surface area contributed by atoms with E-state index in [9.17, 15) is 5.11 Å². The Hall–Kier alpha value is -2.15. The summed E-state index contributed by atoms with van der Waals surface area (Å²) in [6.45, 7) is 4.59. The number of hydrogen-bond acceptors (Lipinski definition) is 6. The normalized spacial score (nSPS) is 26.3. The Kier molecular flexibility index (Phi) is 6.24. The highest BCUT2D eigenvalue weighted by atomic mass is 35.5. The van der Waals surface area contributed by atoms with Gasteiger partial charge in [-0.2, -0.15) is 0 Å². The number of piperidine rings is 1. The Morgan fingerprint density at radius 2 is 1.68 bits per heavy atom. The molecule has 0 aliphatic carbocycles. The van der Waals surface area contributed by atoms with E-state index >= 15 is 0 Å². The lowest BCUT2D eigenvalue weighted by Gasteiger charge is -2.53. The molecule has 0 amide bonds. The molecule has 0 spiro atoms. The van der Waals surface area contributed by atoms with E-state index in [0.29, 0.717) is 28.7 Å².